The summed E-state index contributed by atoms with van der Waals surface area (Å²) in [7, 11) is 1.82. The Bertz CT molecular complexity index is 1220. The lowest BCUT2D eigenvalue weighted by Gasteiger charge is -2.28. The van der Waals surface area contributed by atoms with Crippen LogP contribution in [0.5, 0.6) is 0 Å². The van der Waals surface area contributed by atoms with E-state index in [4.69, 9.17) is 16.9 Å². The number of nitrogens with zero attached hydrogens (tertiary/aromatic N) is 2. The van der Waals surface area contributed by atoms with Crippen LogP contribution in [-0.4, -0.2) is 28.5 Å². The van der Waals surface area contributed by atoms with Gasteiger partial charge in [0.1, 0.15) is 17.7 Å². The van der Waals surface area contributed by atoms with Crippen molar-refractivity contribution in [2.45, 2.75) is 12.5 Å². The van der Waals surface area contributed by atoms with Crippen molar-refractivity contribution in [3.05, 3.63) is 74.9 Å². The van der Waals surface area contributed by atoms with Gasteiger partial charge in [0.15, 0.2) is 11.2 Å². The van der Waals surface area contributed by atoms with Gasteiger partial charge in [-0.3, -0.25) is 4.79 Å². The Balaban J connectivity index is 0.000000235. The molecule has 6 nitrogen and oxygen atoms in total. The number of anilines is 1. The molecule has 1 amide bonds. The summed E-state index contributed by atoms with van der Waals surface area (Å²) in [6.07, 6.45) is 1.38. The Labute approximate surface area is 201 Å². The van der Waals surface area contributed by atoms with Crippen molar-refractivity contribution in [1.29, 1.82) is 5.26 Å². The molecule has 0 aliphatic carbocycles. The Morgan fingerprint density at radius 3 is 2.67 bits per heavy atom. The van der Waals surface area contributed by atoms with Gasteiger partial charge in [0, 0.05) is 24.2 Å². The van der Waals surface area contributed by atoms with E-state index in [9.17, 15) is 17.8 Å². The molecule has 3 aromatic rings. The van der Waals surface area contributed by atoms with Crippen LogP contribution in [0.1, 0.15) is 22.9 Å². The maximum atomic E-state index is 13.7. The van der Waals surface area contributed by atoms with Crippen LogP contribution in [0.4, 0.5) is 14.5 Å². The molecule has 1 aliphatic rings. The summed E-state index contributed by atoms with van der Waals surface area (Å²) in [4.78, 5) is 11.0. The van der Waals surface area contributed by atoms with Crippen molar-refractivity contribution in [2.75, 3.05) is 18.9 Å². The topological polar surface area (TPSA) is 85.2 Å². The SMILES string of the molecule is CN1CC[C@@H](c2cc(-c3ccc(C#N)c(F)c3)cs2)NS1=O.O=CNc1ccc(F)c(Cl)c1. The zero-order valence-electron chi connectivity index (χ0n) is 17.3. The summed E-state index contributed by atoms with van der Waals surface area (Å²) in [5, 5.41) is 13.1. The third-order valence-electron chi connectivity index (χ3n) is 4.79. The van der Waals surface area contributed by atoms with Crippen molar-refractivity contribution in [3.63, 3.8) is 0 Å². The van der Waals surface area contributed by atoms with Crippen molar-refractivity contribution >= 4 is 46.2 Å². The monoisotopic (exact) mass is 508 g/mol. The standard InChI is InChI=1S/C15H14FN3OS2.C7H5ClFNO/c1-19-5-4-14(18-22(19)20)15-7-12(9-21-15)10-2-3-11(8-17)13(16)6-10;8-6-3-5(10-4-11)1-2-7(6)9/h2-3,6-7,9,14,18H,4-5H2,1H3;1-4H,(H,10,11)/t14-,22?;/m0./s1. The molecular weight excluding hydrogens is 490 g/mol. The Morgan fingerprint density at radius 2 is 2.03 bits per heavy atom. The summed E-state index contributed by atoms with van der Waals surface area (Å²) in [5.41, 5.74) is 2.18. The molecule has 0 bridgehead atoms. The smallest absolute Gasteiger partial charge is 0.211 e. The second kappa shape index (κ2) is 11.4. The Kier molecular flexibility index (Phi) is 8.66. The first-order valence-corrected chi connectivity index (χ1v) is 12.0. The second-order valence-electron chi connectivity index (χ2n) is 7.00. The number of amides is 1. The first-order chi connectivity index (χ1) is 15.8. The summed E-state index contributed by atoms with van der Waals surface area (Å²) in [6.45, 7) is 0.767. The number of nitrogens with one attached hydrogen (secondary N) is 2. The third-order valence-corrected chi connectivity index (χ3v) is 7.36. The van der Waals surface area contributed by atoms with Gasteiger partial charge in [0.25, 0.3) is 0 Å². The van der Waals surface area contributed by atoms with Crippen LogP contribution >= 0.6 is 22.9 Å². The highest BCUT2D eigenvalue weighted by Gasteiger charge is 2.24. The molecule has 4 rings (SSSR count). The van der Waals surface area contributed by atoms with Crippen LogP contribution < -0.4 is 10.0 Å². The van der Waals surface area contributed by atoms with Crippen LogP contribution in [0, 0.1) is 23.0 Å². The number of nitriles is 1. The van der Waals surface area contributed by atoms with Crippen LogP contribution in [-0.2, 0) is 16.0 Å². The molecule has 0 spiro atoms. The Hall–Kier alpha value is -2.68. The molecule has 2 aromatic carbocycles. The van der Waals surface area contributed by atoms with E-state index in [1.54, 1.807) is 21.7 Å². The first kappa shape index (κ1) is 25.0. The molecule has 0 saturated carbocycles. The average Bonchev–Trinajstić information content (AvgIpc) is 3.29. The van der Waals surface area contributed by atoms with Gasteiger partial charge in [-0.25, -0.2) is 22.0 Å². The zero-order chi connectivity index (χ0) is 24.0. The molecule has 1 unspecified atom stereocenters. The fourth-order valence-corrected chi connectivity index (χ4v) is 5.19. The maximum Gasteiger partial charge on any atom is 0.211 e. The van der Waals surface area contributed by atoms with E-state index in [0.29, 0.717) is 12.1 Å². The van der Waals surface area contributed by atoms with Crippen molar-refractivity contribution in [2.24, 2.45) is 0 Å². The second-order valence-corrected chi connectivity index (χ2v) is 9.70. The summed E-state index contributed by atoms with van der Waals surface area (Å²) in [6, 6.07) is 12.4. The van der Waals surface area contributed by atoms with E-state index in [-0.39, 0.29) is 16.6 Å². The molecule has 1 aliphatic heterocycles. The number of rotatable bonds is 4. The quantitative estimate of drug-likeness (QED) is 0.485. The molecule has 1 saturated heterocycles. The minimum absolute atomic E-state index is 0.00292. The number of hydrogen-bond donors (Lipinski definition) is 2. The molecular formula is C22H19ClF2N4O2S2. The van der Waals surface area contributed by atoms with Gasteiger partial charge in [-0.15, -0.1) is 11.3 Å². The predicted octanol–water partition coefficient (Wildman–Crippen LogP) is 5.02. The van der Waals surface area contributed by atoms with E-state index >= 15 is 0 Å². The van der Waals surface area contributed by atoms with Crippen LogP contribution in [0.3, 0.4) is 0 Å². The molecule has 172 valence electrons. The molecule has 0 radical (unpaired) electrons. The minimum Gasteiger partial charge on any atom is -0.329 e. The third kappa shape index (κ3) is 6.43. The summed E-state index contributed by atoms with van der Waals surface area (Å²) >= 11 is 5.82. The normalized spacial score (nSPS) is 18.0. The average molecular weight is 509 g/mol. The van der Waals surface area contributed by atoms with Gasteiger partial charge in [-0.1, -0.05) is 17.7 Å². The number of hydrogen-bond acceptors (Lipinski definition) is 4. The fourth-order valence-electron chi connectivity index (χ4n) is 2.99. The molecule has 1 fully saturated rings. The highest BCUT2D eigenvalue weighted by Crippen LogP contribution is 2.33. The van der Waals surface area contributed by atoms with Crippen LogP contribution in [0.2, 0.25) is 5.02 Å². The van der Waals surface area contributed by atoms with Crippen LogP contribution in [0.25, 0.3) is 11.1 Å². The molecule has 2 N–H and O–H groups in total. The largest absolute Gasteiger partial charge is 0.329 e. The number of benzene rings is 2. The van der Waals surface area contributed by atoms with Gasteiger partial charge in [0.2, 0.25) is 6.41 Å². The number of halogens is 3. The Morgan fingerprint density at radius 1 is 1.24 bits per heavy atom. The summed E-state index contributed by atoms with van der Waals surface area (Å²) < 4.78 is 42.9. The van der Waals surface area contributed by atoms with Gasteiger partial charge in [-0.05, 0) is 59.3 Å². The lowest BCUT2D eigenvalue weighted by Crippen LogP contribution is -2.41. The predicted molar refractivity (Wildman–Crippen MR) is 127 cm³/mol. The minimum atomic E-state index is -1.16. The van der Waals surface area contributed by atoms with E-state index in [2.05, 4.69) is 10.0 Å². The maximum absolute atomic E-state index is 13.7. The van der Waals surface area contributed by atoms with Gasteiger partial charge in [-0.2, -0.15) is 5.26 Å². The van der Waals surface area contributed by atoms with Crippen molar-refractivity contribution in [3.8, 4) is 17.2 Å². The van der Waals surface area contributed by atoms with E-state index < -0.39 is 22.8 Å². The van der Waals surface area contributed by atoms with E-state index in [1.165, 1.54) is 30.3 Å². The van der Waals surface area contributed by atoms with Gasteiger partial charge in [0.05, 0.1) is 16.6 Å². The molecule has 2 heterocycles. The van der Waals surface area contributed by atoms with Crippen LogP contribution in [0.15, 0.2) is 47.8 Å². The molecule has 1 aromatic heterocycles. The zero-order valence-corrected chi connectivity index (χ0v) is 19.7. The molecule has 2 atom stereocenters. The van der Waals surface area contributed by atoms with Crippen molar-refractivity contribution < 1.29 is 17.8 Å². The van der Waals surface area contributed by atoms with E-state index in [1.807, 2.05) is 24.6 Å². The highest BCUT2D eigenvalue weighted by molar-refractivity contribution is 7.80. The fraction of sp³-hybridized carbons (Fsp3) is 0.182. The number of thiophene rings is 1. The highest BCUT2D eigenvalue weighted by atomic mass is 35.5. The van der Waals surface area contributed by atoms with Gasteiger partial charge >= 0.3 is 0 Å². The molecule has 33 heavy (non-hydrogen) atoms. The van der Waals surface area contributed by atoms with Crippen molar-refractivity contribution in [1.82, 2.24) is 9.03 Å². The van der Waals surface area contributed by atoms with Gasteiger partial charge < -0.3 is 5.32 Å². The lowest BCUT2D eigenvalue weighted by molar-refractivity contribution is -0.105. The number of carbonyl (C=O) groups excluding carboxylic acids is 1. The first-order valence-electron chi connectivity index (χ1n) is 9.65. The van der Waals surface area contributed by atoms with E-state index in [0.717, 1.165) is 29.0 Å². The lowest BCUT2D eigenvalue weighted by atomic mass is 10.0. The molecule has 11 heteroatoms. The summed E-state index contributed by atoms with van der Waals surface area (Å²) in [5.74, 6) is -1.01. The number of carbonyl (C=O) groups is 1.